The average molecular weight is 226 g/mol. The first kappa shape index (κ1) is 10.2. The number of hydrogen-bond acceptors (Lipinski definition) is 2. The maximum absolute atomic E-state index is 12.7. The smallest absolute Gasteiger partial charge is 0.292 e. The number of halogens is 2. The summed E-state index contributed by atoms with van der Waals surface area (Å²) in [6, 6.07) is 6.08. The molecule has 0 aliphatic rings. The lowest BCUT2D eigenvalue weighted by Gasteiger charge is -1.97. The Morgan fingerprint density at radius 1 is 1.33 bits per heavy atom. The Hall–Kier alpha value is -1.35. The topological polar surface area (TPSA) is 26.0 Å². The fourth-order valence-electron chi connectivity index (χ4n) is 1.40. The minimum absolute atomic E-state index is 0.117. The van der Waals surface area contributed by atoms with Crippen LogP contribution in [0.2, 0.25) is 5.35 Å². The second-order valence-corrected chi connectivity index (χ2v) is 3.42. The van der Waals surface area contributed by atoms with E-state index in [-0.39, 0.29) is 11.2 Å². The summed E-state index contributed by atoms with van der Waals surface area (Å²) in [5.41, 5.74) is 1.49. The Morgan fingerprint density at radius 3 is 2.60 bits per heavy atom. The molecule has 0 saturated heterocycles. The van der Waals surface area contributed by atoms with E-state index in [4.69, 9.17) is 16.0 Å². The largest absolute Gasteiger partial charge is 0.432 e. The van der Waals surface area contributed by atoms with Crippen molar-refractivity contribution in [3.8, 4) is 11.3 Å². The summed E-state index contributed by atoms with van der Waals surface area (Å²) in [5, 5.41) is 0.117. The van der Waals surface area contributed by atoms with Gasteiger partial charge in [0.2, 0.25) is 0 Å². The van der Waals surface area contributed by atoms with Crippen LogP contribution < -0.4 is 0 Å². The molecule has 4 heteroatoms. The maximum Gasteiger partial charge on any atom is 0.292 e. The molecule has 0 atom stereocenters. The van der Waals surface area contributed by atoms with E-state index in [0.29, 0.717) is 17.9 Å². The zero-order valence-corrected chi connectivity index (χ0v) is 8.88. The van der Waals surface area contributed by atoms with Crippen molar-refractivity contribution in [1.29, 1.82) is 0 Å². The first-order valence-corrected chi connectivity index (χ1v) is 4.99. The van der Waals surface area contributed by atoms with E-state index in [9.17, 15) is 4.39 Å². The predicted octanol–water partition coefficient (Wildman–Crippen LogP) is 3.70. The summed E-state index contributed by atoms with van der Waals surface area (Å²) in [6.45, 7) is 1.95. The van der Waals surface area contributed by atoms with Crippen molar-refractivity contribution in [2.75, 3.05) is 0 Å². The molecule has 1 aromatic heterocycles. The van der Waals surface area contributed by atoms with Gasteiger partial charge in [-0.3, -0.25) is 0 Å². The summed E-state index contributed by atoms with van der Waals surface area (Å²) < 4.78 is 17.9. The molecule has 0 radical (unpaired) electrons. The second-order valence-electron chi connectivity index (χ2n) is 3.10. The molecule has 1 aromatic carbocycles. The van der Waals surface area contributed by atoms with E-state index < -0.39 is 0 Å². The number of aromatic nitrogens is 1. The fraction of sp³-hybridized carbons (Fsp3) is 0.182. The van der Waals surface area contributed by atoms with Gasteiger partial charge in [0.05, 0.1) is 0 Å². The van der Waals surface area contributed by atoms with Gasteiger partial charge in [-0.2, -0.15) is 4.98 Å². The molecule has 0 aliphatic heterocycles. The Kier molecular flexibility index (Phi) is 2.73. The Bertz CT molecular complexity index is 464. The quantitative estimate of drug-likeness (QED) is 0.779. The minimum atomic E-state index is -0.272. The van der Waals surface area contributed by atoms with Gasteiger partial charge < -0.3 is 4.42 Å². The van der Waals surface area contributed by atoms with Gasteiger partial charge in [-0.1, -0.05) is 6.92 Å². The Morgan fingerprint density at radius 2 is 2.00 bits per heavy atom. The van der Waals surface area contributed by atoms with Crippen LogP contribution in [0.25, 0.3) is 11.3 Å². The van der Waals surface area contributed by atoms with Crippen LogP contribution in [0.5, 0.6) is 0 Å². The lowest BCUT2D eigenvalue weighted by molar-refractivity contribution is 0.513. The number of benzene rings is 1. The van der Waals surface area contributed by atoms with Crippen molar-refractivity contribution in [3.05, 3.63) is 41.2 Å². The molecule has 0 spiro atoms. The van der Waals surface area contributed by atoms with Crippen LogP contribution in [0, 0.1) is 5.82 Å². The molecule has 0 fully saturated rings. The summed E-state index contributed by atoms with van der Waals surface area (Å²) in [5.74, 6) is 0.443. The van der Waals surface area contributed by atoms with Crippen LogP contribution >= 0.6 is 11.6 Å². The summed E-state index contributed by atoms with van der Waals surface area (Å²) in [4.78, 5) is 4.06. The second kappa shape index (κ2) is 4.03. The Labute approximate surface area is 91.7 Å². The van der Waals surface area contributed by atoms with Gasteiger partial charge in [0.25, 0.3) is 5.35 Å². The summed E-state index contributed by atoms with van der Waals surface area (Å²) >= 11 is 5.67. The van der Waals surface area contributed by atoms with Gasteiger partial charge in [-0.15, -0.1) is 0 Å². The third-order valence-corrected chi connectivity index (χ3v) is 2.27. The maximum atomic E-state index is 12.7. The summed E-state index contributed by atoms with van der Waals surface area (Å²) in [6.07, 6.45) is 0.701. The average Bonchev–Trinajstić information content (AvgIpc) is 2.61. The molecule has 2 nitrogen and oxygen atoms in total. The predicted molar refractivity (Wildman–Crippen MR) is 56.3 cm³/mol. The highest BCUT2D eigenvalue weighted by Crippen LogP contribution is 2.26. The monoisotopic (exact) mass is 225 g/mol. The molecule has 1 heterocycles. The van der Waals surface area contributed by atoms with Gasteiger partial charge >= 0.3 is 0 Å². The first-order chi connectivity index (χ1) is 7.20. The Balaban J connectivity index is 2.48. The summed E-state index contributed by atoms with van der Waals surface area (Å²) in [7, 11) is 0. The highest BCUT2D eigenvalue weighted by Gasteiger charge is 2.12. The van der Waals surface area contributed by atoms with Crippen LogP contribution in [-0.2, 0) is 6.42 Å². The minimum Gasteiger partial charge on any atom is -0.432 e. The number of oxazole rings is 1. The van der Waals surface area contributed by atoms with Gasteiger partial charge in [-0.05, 0) is 35.9 Å². The SMILES string of the molecule is CCc1oc(Cl)nc1-c1ccc(F)cc1. The first-order valence-electron chi connectivity index (χ1n) is 4.62. The molecule has 0 bridgehead atoms. The van der Waals surface area contributed by atoms with E-state index in [1.165, 1.54) is 12.1 Å². The molecule has 78 valence electrons. The van der Waals surface area contributed by atoms with Crippen LogP contribution in [-0.4, -0.2) is 4.98 Å². The molecule has 15 heavy (non-hydrogen) atoms. The van der Waals surface area contributed by atoms with E-state index in [1.54, 1.807) is 12.1 Å². The number of nitrogens with zero attached hydrogens (tertiary/aromatic N) is 1. The highest BCUT2D eigenvalue weighted by atomic mass is 35.5. The van der Waals surface area contributed by atoms with Gasteiger partial charge in [0.15, 0.2) is 0 Å². The van der Waals surface area contributed by atoms with Crippen molar-refractivity contribution in [2.24, 2.45) is 0 Å². The molecule has 0 saturated carbocycles. The van der Waals surface area contributed by atoms with Crippen molar-refractivity contribution in [2.45, 2.75) is 13.3 Å². The van der Waals surface area contributed by atoms with E-state index >= 15 is 0 Å². The van der Waals surface area contributed by atoms with E-state index in [2.05, 4.69) is 4.98 Å². The van der Waals surface area contributed by atoms with Gasteiger partial charge in [0.1, 0.15) is 17.3 Å². The number of aryl methyl sites for hydroxylation is 1. The van der Waals surface area contributed by atoms with Crippen LogP contribution in [0.3, 0.4) is 0 Å². The lowest BCUT2D eigenvalue weighted by atomic mass is 10.1. The van der Waals surface area contributed by atoms with Gasteiger partial charge in [0, 0.05) is 12.0 Å². The third kappa shape index (κ3) is 2.02. The fourth-order valence-corrected chi connectivity index (χ4v) is 1.57. The molecule has 0 N–H and O–H groups in total. The molecular weight excluding hydrogens is 217 g/mol. The zero-order chi connectivity index (χ0) is 10.8. The van der Waals surface area contributed by atoms with Crippen LogP contribution in [0.4, 0.5) is 4.39 Å². The molecule has 2 aromatic rings. The normalized spacial score (nSPS) is 10.6. The highest BCUT2D eigenvalue weighted by molar-refractivity contribution is 6.27. The molecular formula is C11H9ClFNO. The van der Waals surface area contributed by atoms with Crippen LogP contribution in [0.15, 0.2) is 28.7 Å². The zero-order valence-electron chi connectivity index (χ0n) is 8.13. The molecule has 2 rings (SSSR count). The molecule has 0 aliphatic carbocycles. The van der Waals surface area contributed by atoms with Gasteiger partial charge in [-0.25, -0.2) is 4.39 Å². The van der Waals surface area contributed by atoms with Crippen molar-refractivity contribution in [3.63, 3.8) is 0 Å². The van der Waals surface area contributed by atoms with Crippen molar-refractivity contribution in [1.82, 2.24) is 4.98 Å². The third-order valence-electron chi connectivity index (χ3n) is 2.11. The van der Waals surface area contributed by atoms with Crippen LogP contribution in [0.1, 0.15) is 12.7 Å². The van der Waals surface area contributed by atoms with Crippen molar-refractivity contribution >= 4 is 11.6 Å². The number of hydrogen-bond donors (Lipinski definition) is 0. The van der Waals surface area contributed by atoms with Crippen molar-refractivity contribution < 1.29 is 8.81 Å². The standard InChI is InChI=1S/C11H9ClFNO/c1-2-9-10(14-11(12)15-9)7-3-5-8(13)6-4-7/h3-6H,2H2,1H3. The lowest BCUT2D eigenvalue weighted by Crippen LogP contribution is -1.84. The van der Waals surface area contributed by atoms with E-state index in [1.807, 2.05) is 6.92 Å². The molecule has 0 unspecified atom stereocenters. The molecule has 0 amide bonds. The number of rotatable bonds is 2. The van der Waals surface area contributed by atoms with E-state index in [0.717, 1.165) is 5.56 Å².